The fourth-order valence-corrected chi connectivity index (χ4v) is 8.45. The quantitative estimate of drug-likeness (QED) is 0.110. The van der Waals surface area contributed by atoms with Crippen molar-refractivity contribution in [2.45, 2.75) is 88.5 Å². The lowest BCUT2D eigenvalue weighted by Gasteiger charge is -2.20. The average molecular weight is 638 g/mol. The molecule has 4 aliphatic heterocycles. The molecule has 2 fully saturated rings. The number of hydrogen-bond donors (Lipinski definition) is 7. The second-order valence-electron chi connectivity index (χ2n) is 12.4. The van der Waals surface area contributed by atoms with Crippen molar-refractivity contribution in [2.75, 3.05) is 0 Å². The van der Waals surface area contributed by atoms with E-state index in [2.05, 4.69) is 34.4 Å². The lowest BCUT2D eigenvalue weighted by Crippen LogP contribution is -2.36. The van der Waals surface area contributed by atoms with Crippen LogP contribution in [0.3, 0.4) is 0 Å². The molecule has 1 unspecified atom stereocenters. The van der Waals surface area contributed by atoms with Crippen molar-refractivity contribution in [3.8, 4) is 0 Å². The molecule has 7 N–H and O–H groups in total. The first-order chi connectivity index (χ1) is 21.2. The van der Waals surface area contributed by atoms with Crippen molar-refractivity contribution in [3.63, 3.8) is 0 Å². The van der Waals surface area contributed by atoms with E-state index in [1.54, 1.807) is 0 Å². The lowest BCUT2D eigenvalue weighted by atomic mass is 9.91. The van der Waals surface area contributed by atoms with Gasteiger partial charge < -0.3 is 36.3 Å². The molecule has 4 aliphatic rings. The number of aliphatic hydroxyl groups is 1. The molecular weight excluding hydrogens is 596 g/mol. The lowest BCUT2D eigenvalue weighted by molar-refractivity contribution is -0.146. The Morgan fingerprint density at radius 3 is 2.29 bits per heavy atom. The van der Waals surface area contributed by atoms with Crippen LogP contribution in [0.5, 0.6) is 0 Å². The maximum atomic E-state index is 12.6. The summed E-state index contributed by atoms with van der Waals surface area (Å²) >= 11 is 1.19. The third-order valence-corrected chi connectivity index (χ3v) is 11.8. The smallest absolute Gasteiger partial charge is 0.332 e. The summed E-state index contributed by atoms with van der Waals surface area (Å²) in [5.41, 5.74) is 7.43. The molecule has 0 radical (unpaired) electrons. The van der Waals surface area contributed by atoms with E-state index < -0.39 is 18.0 Å². The van der Waals surface area contributed by atoms with Crippen molar-refractivity contribution in [1.82, 2.24) is 20.9 Å². The van der Waals surface area contributed by atoms with E-state index in [4.69, 9.17) is 0 Å². The number of aromatic nitrogens is 1. The number of aliphatic hydroxyl groups excluding tert-OH is 1. The van der Waals surface area contributed by atoms with Crippen LogP contribution in [0.1, 0.15) is 69.5 Å². The van der Waals surface area contributed by atoms with Crippen LogP contribution in [-0.4, -0.2) is 72.2 Å². The predicted molar refractivity (Wildman–Crippen MR) is 173 cm³/mol. The molecular formula is C33H41N4O7S+. The Morgan fingerprint density at radius 1 is 1.04 bits per heavy atom. The summed E-state index contributed by atoms with van der Waals surface area (Å²) in [6.45, 7) is 13.5. The van der Waals surface area contributed by atoms with Crippen LogP contribution in [0, 0.1) is 12.8 Å². The van der Waals surface area contributed by atoms with Crippen LogP contribution in [0.15, 0.2) is 46.3 Å². The highest BCUT2D eigenvalue weighted by molar-refractivity contribution is 7.89. The second kappa shape index (κ2) is 12.1. The summed E-state index contributed by atoms with van der Waals surface area (Å²) < 4.78 is -0.248. The number of allylic oxidation sites excluding steroid dienone is 1. The molecule has 5 rings (SSSR count). The fraction of sp³-hybridized carbons (Fsp3) is 0.455. The van der Waals surface area contributed by atoms with Gasteiger partial charge in [0.1, 0.15) is 0 Å². The predicted octanol–water partition coefficient (Wildman–Crippen LogP) is 2.26. The Kier molecular flexibility index (Phi) is 8.67. The standard InChI is InChI=1S/C33H40N4O7S/c1-7-19-14(2)23(36-31(19)42)11-22-16(4)21(10-27(38)32(43)44)26(34-22)12-25-20(8-9-29(39)40)15(3)24(35-25)13-28-33(18(6)45-33)17(5)30(41)37-28/h7,12-13,17-18,22-23,27,34-35,38H,1,8-11H2,2-6H3,(H,36,42)(H,37,41)(H,39,40)(H,43,44)/p+1/b26-12-,28-13-/t17-,18-,22?,23+,27-,33+/m0/s1. The van der Waals surface area contributed by atoms with Gasteiger partial charge in [0.25, 0.3) is 5.91 Å². The maximum absolute atomic E-state index is 12.6. The number of carbonyl (C=O) groups is 4. The Labute approximate surface area is 266 Å². The minimum atomic E-state index is -1.62. The number of carbonyl (C=O) groups excluding carboxylic acids is 2. The molecule has 45 heavy (non-hydrogen) atoms. The van der Waals surface area contributed by atoms with Crippen LogP contribution < -0.4 is 16.0 Å². The summed E-state index contributed by atoms with van der Waals surface area (Å²) in [6, 6.07) is -0.511. The van der Waals surface area contributed by atoms with E-state index in [9.17, 15) is 34.5 Å². The van der Waals surface area contributed by atoms with E-state index in [-0.39, 0.29) is 53.8 Å². The molecule has 0 saturated carbocycles. The van der Waals surface area contributed by atoms with Crippen LogP contribution in [0.4, 0.5) is 0 Å². The first-order valence-corrected chi connectivity index (χ1v) is 16.1. The van der Waals surface area contributed by atoms with Crippen LogP contribution >= 0.6 is 0 Å². The normalized spacial score (nSPS) is 29.9. The highest BCUT2D eigenvalue weighted by Gasteiger charge is 2.75. The van der Waals surface area contributed by atoms with E-state index >= 15 is 0 Å². The molecule has 6 atom stereocenters. The minimum absolute atomic E-state index is 0.0112. The molecule has 2 amide bonds. The molecule has 11 nitrogen and oxygen atoms in total. The fourth-order valence-electron chi connectivity index (χ4n) is 6.92. The number of carboxylic acids is 2. The number of aromatic amines is 1. The van der Waals surface area contributed by atoms with Gasteiger partial charge in [-0.05, 0) is 99.2 Å². The number of amides is 2. The van der Waals surface area contributed by atoms with Gasteiger partial charge in [-0.3, -0.25) is 14.4 Å². The molecule has 0 aromatic carbocycles. The number of hydrogen-bond acceptors (Lipinski definition) is 6. The van der Waals surface area contributed by atoms with Gasteiger partial charge in [0.2, 0.25) is 10.7 Å². The molecule has 5 heterocycles. The second-order valence-corrected chi connectivity index (χ2v) is 14.2. The van der Waals surface area contributed by atoms with Crippen LogP contribution in [0.2, 0.25) is 0 Å². The number of carboxylic acid groups (broad SMARTS) is 2. The third kappa shape index (κ3) is 5.77. The molecule has 1 aromatic heterocycles. The Morgan fingerprint density at radius 2 is 1.71 bits per heavy atom. The van der Waals surface area contributed by atoms with Crippen molar-refractivity contribution < 1.29 is 34.5 Å². The van der Waals surface area contributed by atoms with E-state index in [1.165, 1.54) is 17.8 Å². The van der Waals surface area contributed by atoms with Gasteiger partial charge in [0, 0.05) is 41.5 Å². The maximum Gasteiger partial charge on any atom is 0.332 e. The SMILES string of the molecule is C=CC1=C(C)[C@@H](CC2N/C(=C\c3[nH]c(/C=C4\NC(=O)[C@H](C)[C@]45[SH+][C@H]5C)c(C)c3CCC(=O)O)C(C[C@H](O)C(=O)O)=C2C)NC1=O. The zero-order chi connectivity index (χ0) is 33.0. The average Bonchev–Trinajstić information content (AvgIpc) is 3.17. The van der Waals surface area contributed by atoms with Crippen molar-refractivity contribution >= 4 is 47.7 Å². The van der Waals surface area contributed by atoms with E-state index in [0.717, 1.165) is 33.7 Å². The Hall–Kier alpha value is -4.03. The first kappa shape index (κ1) is 32.4. The van der Waals surface area contributed by atoms with Gasteiger partial charge in [-0.1, -0.05) is 12.7 Å². The molecule has 0 aliphatic carbocycles. The summed E-state index contributed by atoms with van der Waals surface area (Å²) in [7, 11) is 0. The van der Waals surface area contributed by atoms with Gasteiger partial charge in [0.15, 0.2) is 11.4 Å². The zero-order valence-corrected chi connectivity index (χ0v) is 27.0. The minimum Gasteiger partial charge on any atom is -0.481 e. The first-order valence-electron chi connectivity index (χ1n) is 15.1. The van der Waals surface area contributed by atoms with E-state index in [1.807, 2.05) is 39.8 Å². The van der Waals surface area contributed by atoms with Crippen LogP contribution in [0.25, 0.3) is 12.2 Å². The summed E-state index contributed by atoms with van der Waals surface area (Å²) in [6.07, 6.45) is 4.23. The molecule has 1 aromatic rings. The summed E-state index contributed by atoms with van der Waals surface area (Å²) in [4.78, 5) is 51.7. The van der Waals surface area contributed by atoms with E-state index in [0.29, 0.717) is 34.2 Å². The number of nitrogens with one attached hydrogen (secondary N) is 4. The number of H-pyrrole nitrogens is 1. The number of thiol groups is 1. The molecule has 240 valence electrons. The van der Waals surface area contributed by atoms with Crippen molar-refractivity contribution in [3.05, 3.63) is 68.9 Å². The molecule has 12 heteroatoms. The molecule has 2 saturated heterocycles. The largest absolute Gasteiger partial charge is 0.481 e. The monoisotopic (exact) mass is 637 g/mol. The molecule has 1 spiro atoms. The third-order valence-electron chi connectivity index (χ3n) is 9.85. The zero-order valence-electron chi connectivity index (χ0n) is 26.1. The topological polar surface area (TPSA) is 181 Å². The summed E-state index contributed by atoms with van der Waals surface area (Å²) in [5.74, 6) is -2.62. The van der Waals surface area contributed by atoms with Gasteiger partial charge >= 0.3 is 11.9 Å². The van der Waals surface area contributed by atoms with Gasteiger partial charge in [-0.15, -0.1) is 0 Å². The van der Waals surface area contributed by atoms with Gasteiger partial charge in [-0.2, -0.15) is 0 Å². The van der Waals surface area contributed by atoms with Gasteiger partial charge in [0.05, 0.1) is 17.7 Å². The van der Waals surface area contributed by atoms with Gasteiger partial charge in [-0.25, -0.2) is 4.79 Å². The highest BCUT2D eigenvalue weighted by atomic mass is 32.2. The number of aliphatic carboxylic acids is 2. The molecule has 0 bridgehead atoms. The van der Waals surface area contributed by atoms with Crippen molar-refractivity contribution in [1.29, 1.82) is 0 Å². The van der Waals surface area contributed by atoms with Crippen LogP contribution in [-0.2, 0) is 37.4 Å². The Balaban J connectivity index is 1.54. The highest BCUT2D eigenvalue weighted by Crippen LogP contribution is 2.52. The number of rotatable bonds is 11. The van der Waals surface area contributed by atoms with Crippen molar-refractivity contribution in [2.24, 2.45) is 5.92 Å². The summed E-state index contributed by atoms with van der Waals surface area (Å²) in [5, 5.41) is 39.2. The Bertz CT molecular complexity index is 1630.